The number of amides is 2. The second kappa shape index (κ2) is 9.50. The SMILES string of the molecule is CCc1ccc(C(=O)NCC(=O)N[C@@H](CC(C)C)C(=O)O)cc1[N+](=O)[O-]. The Bertz CT molecular complexity index is 702. The highest BCUT2D eigenvalue weighted by molar-refractivity contribution is 5.97. The smallest absolute Gasteiger partial charge is 0.326 e. The zero-order valence-corrected chi connectivity index (χ0v) is 14.9. The van der Waals surface area contributed by atoms with Crippen molar-refractivity contribution in [3.05, 3.63) is 39.4 Å². The molecule has 0 aromatic heterocycles. The van der Waals surface area contributed by atoms with Gasteiger partial charge in [-0.2, -0.15) is 0 Å². The Morgan fingerprint density at radius 1 is 1.27 bits per heavy atom. The summed E-state index contributed by atoms with van der Waals surface area (Å²) in [7, 11) is 0. The van der Waals surface area contributed by atoms with Gasteiger partial charge in [-0.25, -0.2) is 4.79 Å². The van der Waals surface area contributed by atoms with E-state index in [0.29, 0.717) is 12.0 Å². The van der Waals surface area contributed by atoms with Crippen LogP contribution in [0.5, 0.6) is 0 Å². The minimum Gasteiger partial charge on any atom is -0.480 e. The molecular weight excluding hydrogens is 342 g/mol. The third kappa shape index (κ3) is 6.15. The number of hydrogen-bond acceptors (Lipinski definition) is 5. The summed E-state index contributed by atoms with van der Waals surface area (Å²) in [5.74, 6) is -2.37. The first kappa shape index (κ1) is 21.1. The first-order valence-corrected chi connectivity index (χ1v) is 8.23. The maximum absolute atomic E-state index is 12.1. The van der Waals surface area contributed by atoms with Crippen molar-refractivity contribution in [2.75, 3.05) is 6.54 Å². The van der Waals surface area contributed by atoms with Crippen LogP contribution in [0.4, 0.5) is 5.69 Å². The summed E-state index contributed by atoms with van der Waals surface area (Å²) in [6.07, 6.45) is 0.715. The number of nitrogens with zero attached hydrogens (tertiary/aromatic N) is 1. The van der Waals surface area contributed by atoms with E-state index in [-0.39, 0.29) is 23.6 Å². The predicted molar refractivity (Wildman–Crippen MR) is 93.8 cm³/mol. The molecule has 0 bridgehead atoms. The average molecular weight is 365 g/mol. The first-order chi connectivity index (χ1) is 12.1. The van der Waals surface area contributed by atoms with E-state index in [1.165, 1.54) is 12.1 Å². The Labute approximate surface area is 150 Å². The molecule has 0 heterocycles. The van der Waals surface area contributed by atoms with Gasteiger partial charge < -0.3 is 15.7 Å². The highest BCUT2D eigenvalue weighted by Gasteiger charge is 2.22. The van der Waals surface area contributed by atoms with Crippen molar-refractivity contribution in [3.8, 4) is 0 Å². The van der Waals surface area contributed by atoms with Gasteiger partial charge in [0.05, 0.1) is 11.5 Å². The number of nitrogens with one attached hydrogen (secondary N) is 2. The summed E-state index contributed by atoms with van der Waals surface area (Å²) in [6.45, 7) is 5.00. The van der Waals surface area contributed by atoms with Crippen LogP contribution in [0.2, 0.25) is 0 Å². The lowest BCUT2D eigenvalue weighted by Gasteiger charge is -2.16. The molecule has 0 saturated heterocycles. The summed E-state index contributed by atoms with van der Waals surface area (Å²) in [4.78, 5) is 45.6. The largest absolute Gasteiger partial charge is 0.480 e. The quantitative estimate of drug-likeness (QED) is 0.448. The zero-order valence-electron chi connectivity index (χ0n) is 14.9. The van der Waals surface area contributed by atoms with Gasteiger partial charge in [-0.3, -0.25) is 19.7 Å². The highest BCUT2D eigenvalue weighted by Crippen LogP contribution is 2.20. The summed E-state index contributed by atoms with van der Waals surface area (Å²) < 4.78 is 0. The maximum Gasteiger partial charge on any atom is 0.326 e. The van der Waals surface area contributed by atoms with Crippen LogP contribution in [0.15, 0.2) is 18.2 Å². The molecule has 142 valence electrons. The molecule has 0 aliphatic carbocycles. The third-order valence-corrected chi connectivity index (χ3v) is 3.68. The van der Waals surface area contributed by atoms with Crippen molar-refractivity contribution >= 4 is 23.5 Å². The van der Waals surface area contributed by atoms with Crippen LogP contribution in [0.3, 0.4) is 0 Å². The van der Waals surface area contributed by atoms with Crippen LogP contribution in [0, 0.1) is 16.0 Å². The number of carboxylic acids is 1. The third-order valence-electron chi connectivity index (χ3n) is 3.68. The minimum absolute atomic E-state index is 0.0543. The van der Waals surface area contributed by atoms with Crippen molar-refractivity contribution in [2.24, 2.45) is 5.92 Å². The van der Waals surface area contributed by atoms with E-state index in [1.807, 2.05) is 13.8 Å². The van der Waals surface area contributed by atoms with Crippen LogP contribution in [-0.2, 0) is 16.0 Å². The number of aryl methyl sites for hydroxylation is 1. The lowest BCUT2D eigenvalue weighted by Crippen LogP contribution is -2.46. The number of hydrogen-bond donors (Lipinski definition) is 3. The normalized spacial score (nSPS) is 11.7. The molecule has 0 aliphatic heterocycles. The van der Waals surface area contributed by atoms with Crippen molar-refractivity contribution in [2.45, 2.75) is 39.7 Å². The molecule has 0 unspecified atom stereocenters. The fourth-order valence-electron chi connectivity index (χ4n) is 2.37. The van der Waals surface area contributed by atoms with Crippen LogP contribution in [-0.4, -0.2) is 40.4 Å². The summed E-state index contributed by atoms with van der Waals surface area (Å²) in [5.41, 5.74) is 0.397. The van der Waals surface area contributed by atoms with Gasteiger partial charge in [-0.1, -0.05) is 26.8 Å². The topological polar surface area (TPSA) is 139 Å². The second-order valence-electron chi connectivity index (χ2n) is 6.22. The van der Waals surface area contributed by atoms with E-state index < -0.39 is 35.3 Å². The van der Waals surface area contributed by atoms with Crippen molar-refractivity contribution in [3.63, 3.8) is 0 Å². The molecule has 9 nitrogen and oxygen atoms in total. The van der Waals surface area contributed by atoms with Crippen LogP contribution in [0.25, 0.3) is 0 Å². The lowest BCUT2D eigenvalue weighted by atomic mass is 10.0. The van der Waals surface area contributed by atoms with E-state index in [1.54, 1.807) is 6.92 Å². The molecule has 2 amide bonds. The van der Waals surface area contributed by atoms with Crippen molar-refractivity contribution < 1.29 is 24.4 Å². The van der Waals surface area contributed by atoms with Gasteiger partial charge in [-0.15, -0.1) is 0 Å². The van der Waals surface area contributed by atoms with E-state index in [4.69, 9.17) is 5.11 Å². The summed E-state index contributed by atoms with van der Waals surface area (Å²) >= 11 is 0. The van der Waals surface area contributed by atoms with Crippen molar-refractivity contribution in [1.29, 1.82) is 0 Å². The molecule has 1 atom stereocenters. The standard InChI is InChI=1S/C17H23N3O6/c1-4-11-5-6-12(8-14(11)20(25)26)16(22)18-9-15(21)19-13(17(23)24)7-10(2)3/h5-6,8,10,13H,4,7,9H2,1-3H3,(H,18,22)(H,19,21)(H,23,24)/t13-/m0/s1. The van der Waals surface area contributed by atoms with Gasteiger partial charge in [0.2, 0.25) is 5.91 Å². The van der Waals surface area contributed by atoms with Gasteiger partial charge >= 0.3 is 5.97 Å². The molecule has 9 heteroatoms. The monoisotopic (exact) mass is 365 g/mol. The van der Waals surface area contributed by atoms with Crippen LogP contribution in [0.1, 0.15) is 43.1 Å². The number of nitro benzene ring substituents is 1. The predicted octanol–water partition coefficient (Wildman–Crippen LogP) is 1.50. The Morgan fingerprint density at radius 2 is 1.92 bits per heavy atom. The molecule has 1 rings (SSSR count). The van der Waals surface area contributed by atoms with E-state index in [0.717, 1.165) is 6.07 Å². The highest BCUT2D eigenvalue weighted by atomic mass is 16.6. The lowest BCUT2D eigenvalue weighted by molar-refractivity contribution is -0.385. The average Bonchev–Trinajstić information content (AvgIpc) is 2.57. The summed E-state index contributed by atoms with van der Waals surface area (Å²) in [5, 5.41) is 24.8. The molecule has 0 spiro atoms. The van der Waals surface area contributed by atoms with Gasteiger partial charge in [0.15, 0.2) is 0 Å². The van der Waals surface area contributed by atoms with E-state index >= 15 is 0 Å². The first-order valence-electron chi connectivity index (χ1n) is 8.23. The number of carboxylic acid groups (broad SMARTS) is 1. The number of carbonyl (C=O) groups excluding carboxylic acids is 2. The number of carbonyl (C=O) groups is 3. The number of rotatable bonds is 9. The van der Waals surface area contributed by atoms with Gasteiger partial charge in [0, 0.05) is 17.2 Å². The molecule has 1 aromatic rings. The second-order valence-corrected chi connectivity index (χ2v) is 6.22. The molecule has 0 fully saturated rings. The fraction of sp³-hybridized carbons (Fsp3) is 0.471. The van der Waals surface area contributed by atoms with Crippen molar-refractivity contribution in [1.82, 2.24) is 10.6 Å². The number of aliphatic carboxylic acids is 1. The Kier molecular flexibility index (Phi) is 7.70. The fourth-order valence-corrected chi connectivity index (χ4v) is 2.37. The minimum atomic E-state index is -1.15. The van der Waals surface area contributed by atoms with Crippen LogP contribution < -0.4 is 10.6 Å². The number of nitro groups is 1. The molecule has 0 saturated carbocycles. The Balaban J connectivity index is 2.71. The van der Waals surface area contributed by atoms with Gasteiger partial charge in [0.25, 0.3) is 11.6 Å². The molecular formula is C17H23N3O6. The molecule has 0 radical (unpaired) electrons. The molecule has 26 heavy (non-hydrogen) atoms. The van der Waals surface area contributed by atoms with Gasteiger partial charge in [-0.05, 0) is 24.8 Å². The van der Waals surface area contributed by atoms with E-state index in [2.05, 4.69) is 10.6 Å². The molecule has 1 aromatic carbocycles. The van der Waals surface area contributed by atoms with E-state index in [9.17, 15) is 24.5 Å². The zero-order chi connectivity index (χ0) is 19.9. The Morgan fingerprint density at radius 3 is 2.42 bits per heavy atom. The maximum atomic E-state index is 12.1. The molecule has 0 aliphatic rings. The Hall–Kier alpha value is -2.97. The van der Waals surface area contributed by atoms with Gasteiger partial charge in [0.1, 0.15) is 6.04 Å². The molecule has 3 N–H and O–H groups in total. The summed E-state index contributed by atoms with van der Waals surface area (Å²) in [6, 6.07) is 3.06. The number of benzene rings is 1. The van der Waals surface area contributed by atoms with Crippen LogP contribution >= 0.6 is 0 Å².